The second-order valence-electron chi connectivity index (χ2n) is 5.92. The van der Waals surface area contributed by atoms with Gasteiger partial charge in [-0.05, 0) is 24.6 Å². The molecular weight excluding hydrogens is 344 g/mol. The smallest absolute Gasteiger partial charge is 0.260 e. The van der Waals surface area contributed by atoms with Gasteiger partial charge in [0, 0.05) is 43.9 Å². The number of aromatic nitrogens is 2. The summed E-state index contributed by atoms with van der Waals surface area (Å²) in [5.41, 5.74) is 3.04. The Morgan fingerprint density at radius 1 is 1.38 bits per heavy atom. The molecule has 0 aliphatic carbocycles. The maximum absolute atomic E-state index is 12.5. The first-order valence-corrected chi connectivity index (χ1v) is 9.47. The standard InChI is InChI=1S/C17H21ClN4OS/c1-12-15(16(18)21(2)20-12)17(23)19-14-5-3-4-13(10-14)11-22-6-8-24-9-7-22/h3-5,10H,6-9,11H2,1-2H3,(H,19,23). The maximum atomic E-state index is 12.5. The molecule has 7 heteroatoms. The van der Waals surface area contributed by atoms with Gasteiger partial charge in [-0.2, -0.15) is 16.9 Å². The van der Waals surface area contributed by atoms with E-state index in [-0.39, 0.29) is 5.91 Å². The lowest BCUT2D eigenvalue weighted by molar-refractivity contribution is 0.102. The van der Waals surface area contributed by atoms with Crippen LogP contribution in [0, 0.1) is 6.92 Å². The van der Waals surface area contributed by atoms with Crippen LogP contribution in [0.3, 0.4) is 0 Å². The molecule has 1 fully saturated rings. The van der Waals surface area contributed by atoms with Crippen molar-refractivity contribution in [2.24, 2.45) is 7.05 Å². The Morgan fingerprint density at radius 2 is 2.12 bits per heavy atom. The van der Waals surface area contributed by atoms with Crippen molar-refractivity contribution < 1.29 is 4.79 Å². The van der Waals surface area contributed by atoms with Gasteiger partial charge in [0.1, 0.15) is 5.15 Å². The van der Waals surface area contributed by atoms with Crippen LogP contribution in [0.15, 0.2) is 24.3 Å². The van der Waals surface area contributed by atoms with Crippen LogP contribution >= 0.6 is 23.4 Å². The molecule has 1 amide bonds. The van der Waals surface area contributed by atoms with Crippen molar-refractivity contribution in [3.05, 3.63) is 46.2 Å². The van der Waals surface area contributed by atoms with E-state index in [0.29, 0.717) is 16.4 Å². The minimum Gasteiger partial charge on any atom is -0.322 e. The summed E-state index contributed by atoms with van der Waals surface area (Å²) in [7, 11) is 1.73. The van der Waals surface area contributed by atoms with Crippen LogP contribution in [0.2, 0.25) is 5.15 Å². The van der Waals surface area contributed by atoms with Gasteiger partial charge in [-0.1, -0.05) is 23.7 Å². The molecular formula is C17H21ClN4OS. The van der Waals surface area contributed by atoms with E-state index < -0.39 is 0 Å². The monoisotopic (exact) mass is 364 g/mol. The van der Waals surface area contributed by atoms with E-state index >= 15 is 0 Å². The second kappa shape index (κ2) is 7.59. The van der Waals surface area contributed by atoms with Crippen molar-refractivity contribution in [1.29, 1.82) is 0 Å². The summed E-state index contributed by atoms with van der Waals surface area (Å²) in [5.74, 6) is 2.15. The molecule has 1 aliphatic rings. The van der Waals surface area contributed by atoms with Gasteiger partial charge in [-0.3, -0.25) is 14.4 Å². The van der Waals surface area contributed by atoms with Gasteiger partial charge >= 0.3 is 0 Å². The number of hydrogen-bond acceptors (Lipinski definition) is 4. The Labute approximate surface area is 151 Å². The van der Waals surface area contributed by atoms with E-state index in [4.69, 9.17) is 11.6 Å². The van der Waals surface area contributed by atoms with Crippen LogP contribution in [0.1, 0.15) is 21.6 Å². The number of thioether (sulfide) groups is 1. The molecule has 1 aromatic heterocycles. The van der Waals surface area contributed by atoms with Gasteiger partial charge in [0.05, 0.1) is 11.3 Å². The first-order chi connectivity index (χ1) is 11.5. The topological polar surface area (TPSA) is 50.2 Å². The molecule has 128 valence electrons. The zero-order valence-corrected chi connectivity index (χ0v) is 15.5. The molecule has 1 saturated heterocycles. The molecule has 0 unspecified atom stereocenters. The molecule has 0 spiro atoms. The average Bonchev–Trinajstić information content (AvgIpc) is 2.81. The zero-order chi connectivity index (χ0) is 17.1. The molecule has 1 aliphatic heterocycles. The summed E-state index contributed by atoms with van der Waals surface area (Å²) < 4.78 is 1.51. The quantitative estimate of drug-likeness (QED) is 0.905. The Bertz CT molecular complexity index is 740. The largest absolute Gasteiger partial charge is 0.322 e. The molecule has 1 N–H and O–H groups in total. The summed E-state index contributed by atoms with van der Waals surface area (Å²) in [5, 5.41) is 7.47. The van der Waals surface area contributed by atoms with Gasteiger partial charge in [0.25, 0.3) is 5.91 Å². The van der Waals surface area contributed by atoms with E-state index in [2.05, 4.69) is 21.4 Å². The van der Waals surface area contributed by atoms with Crippen LogP contribution in [-0.4, -0.2) is 45.2 Å². The predicted octanol–water partition coefficient (Wildman–Crippen LogP) is 3.18. The summed E-state index contributed by atoms with van der Waals surface area (Å²) in [6.07, 6.45) is 0. The molecule has 0 radical (unpaired) electrons. The Balaban J connectivity index is 1.71. The average molecular weight is 365 g/mol. The summed E-state index contributed by atoms with van der Waals surface area (Å²) >= 11 is 8.17. The second-order valence-corrected chi connectivity index (χ2v) is 7.50. The summed E-state index contributed by atoms with van der Waals surface area (Å²) in [6.45, 7) is 4.93. The van der Waals surface area contributed by atoms with Crippen molar-refractivity contribution in [2.75, 3.05) is 29.9 Å². The summed E-state index contributed by atoms with van der Waals surface area (Å²) in [4.78, 5) is 15.0. The fourth-order valence-corrected chi connectivity index (χ4v) is 4.09. The van der Waals surface area contributed by atoms with Gasteiger partial charge in [-0.15, -0.1) is 0 Å². The van der Waals surface area contributed by atoms with Crippen molar-refractivity contribution in [3.63, 3.8) is 0 Å². The molecule has 5 nitrogen and oxygen atoms in total. The lowest BCUT2D eigenvalue weighted by Gasteiger charge is -2.26. The molecule has 0 atom stereocenters. The number of aryl methyl sites for hydroxylation is 2. The fourth-order valence-electron chi connectivity index (χ4n) is 2.85. The third-order valence-corrected chi connectivity index (χ3v) is 5.45. The van der Waals surface area contributed by atoms with E-state index in [1.807, 2.05) is 30.0 Å². The highest BCUT2D eigenvalue weighted by Gasteiger charge is 2.19. The fraction of sp³-hybridized carbons (Fsp3) is 0.412. The number of halogens is 1. The number of nitrogens with zero attached hydrogens (tertiary/aromatic N) is 3. The minimum atomic E-state index is -0.225. The molecule has 0 bridgehead atoms. The van der Waals surface area contributed by atoms with E-state index in [1.165, 1.54) is 21.8 Å². The molecule has 24 heavy (non-hydrogen) atoms. The van der Waals surface area contributed by atoms with Gasteiger partial charge in [0.2, 0.25) is 0 Å². The highest BCUT2D eigenvalue weighted by Crippen LogP contribution is 2.21. The Morgan fingerprint density at radius 3 is 2.79 bits per heavy atom. The molecule has 0 saturated carbocycles. The number of rotatable bonds is 4. The van der Waals surface area contributed by atoms with E-state index in [1.54, 1.807) is 14.0 Å². The van der Waals surface area contributed by atoms with Crippen molar-refractivity contribution in [3.8, 4) is 0 Å². The number of carbonyl (C=O) groups excluding carboxylic acids is 1. The Hall–Kier alpha value is -1.50. The third-order valence-electron chi connectivity index (χ3n) is 4.07. The van der Waals surface area contributed by atoms with Crippen molar-refractivity contribution in [2.45, 2.75) is 13.5 Å². The maximum Gasteiger partial charge on any atom is 0.260 e. The highest BCUT2D eigenvalue weighted by atomic mass is 35.5. The molecule has 1 aromatic carbocycles. The normalized spacial score (nSPS) is 15.5. The number of nitrogens with one attached hydrogen (secondary N) is 1. The van der Waals surface area contributed by atoms with Crippen molar-refractivity contribution >= 4 is 35.0 Å². The van der Waals surface area contributed by atoms with Crippen molar-refractivity contribution in [1.82, 2.24) is 14.7 Å². The highest BCUT2D eigenvalue weighted by molar-refractivity contribution is 7.99. The predicted molar refractivity (Wildman–Crippen MR) is 100.0 cm³/mol. The molecule has 2 aromatic rings. The number of anilines is 1. The third kappa shape index (κ3) is 3.94. The number of hydrogen-bond donors (Lipinski definition) is 1. The zero-order valence-electron chi connectivity index (χ0n) is 13.9. The SMILES string of the molecule is Cc1nn(C)c(Cl)c1C(=O)Nc1cccc(CN2CCSCC2)c1. The molecule has 2 heterocycles. The lowest BCUT2D eigenvalue weighted by atomic mass is 10.1. The van der Waals surface area contributed by atoms with E-state index in [0.717, 1.165) is 25.3 Å². The number of amides is 1. The van der Waals surface area contributed by atoms with Gasteiger partial charge in [-0.25, -0.2) is 0 Å². The van der Waals surface area contributed by atoms with Crippen LogP contribution in [0.5, 0.6) is 0 Å². The first-order valence-electron chi connectivity index (χ1n) is 7.94. The van der Waals surface area contributed by atoms with Crippen LogP contribution in [-0.2, 0) is 13.6 Å². The van der Waals surface area contributed by atoms with Crippen LogP contribution < -0.4 is 5.32 Å². The number of benzene rings is 1. The number of carbonyl (C=O) groups is 1. The molecule has 3 rings (SSSR count). The van der Waals surface area contributed by atoms with Crippen LogP contribution in [0.25, 0.3) is 0 Å². The minimum absolute atomic E-state index is 0.225. The Kier molecular flexibility index (Phi) is 5.48. The van der Waals surface area contributed by atoms with Gasteiger partial charge < -0.3 is 5.32 Å². The van der Waals surface area contributed by atoms with Crippen LogP contribution in [0.4, 0.5) is 5.69 Å². The van der Waals surface area contributed by atoms with E-state index in [9.17, 15) is 4.79 Å². The first kappa shape index (κ1) is 17.3. The lowest BCUT2D eigenvalue weighted by Crippen LogP contribution is -2.31. The van der Waals surface area contributed by atoms with Gasteiger partial charge in [0.15, 0.2) is 0 Å². The summed E-state index contributed by atoms with van der Waals surface area (Å²) in [6, 6.07) is 7.99.